The number of hydrogen-bond acceptors (Lipinski definition) is 3. The molecule has 0 aromatic heterocycles. The minimum atomic E-state index is -0.314. The summed E-state index contributed by atoms with van der Waals surface area (Å²) in [7, 11) is 4.07. The van der Waals surface area contributed by atoms with E-state index in [2.05, 4.69) is 11.8 Å². The number of likely N-dealkylation sites (N-methyl/N-ethyl adjacent to an activating group) is 1. The van der Waals surface area contributed by atoms with E-state index >= 15 is 0 Å². The summed E-state index contributed by atoms with van der Waals surface area (Å²) in [5.74, 6) is 0.144. The minimum absolute atomic E-state index is 0.314. The van der Waals surface area contributed by atoms with Crippen LogP contribution in [0.4, 0.5) is 10.1 Å². The molecule has 1 aromatic rings. The second-order valence-electron chi connectivity index (χ2n) is 5.21. The van der Waals surface area contributed by atoms with Crippen LogP contribution in [0.15, 0.2) is 18.2 Å². The molecule has 0 bridgehead atoms. The molecule has 1 fully saturated rings. The van der Waals surface area contributed by atoms with Crippen LogP contribution >= 0.6 is 0 Å². The molecule has 1 heterocycles. The van der Waals surface area contributed by atoms with Gasteiger partial charge in [-0.15, -0.1) is 0 Å². The Kier molecular flexibility index (Phi) is 3.66. The van der Waals surface area contributed by atoms with E-state index in [0.717, 1.165) is 19.4 Å². The molecule has 98 valence electrons. The van der Waals surface area contributed by atoms with E-state index in [4.69, 9.17) is 0 Å². The molecule has 0 amide bonds. The van der Waals surface area contributed by atoms with Crippen LogP contribution in [0.3, 0.4) is 0 Å². The molecule has 4 heteroatoms. The Hall–Kier alpha value is -1.42. The summed E-state index contributed by atoms with van der Waals surface area (Å²) >= 11 is 0. The Labute approximate surface area is 107 Å². The number of nitrogens with zero attached hydrogens (tertiary/aromatic N) is 2. The van der Waals surface area contributed by atoms with Gasteiger partial charge in [0.2, 0.25) is 0 Å². The molecule has 3 nitrogen and oxygen atoms in total. The molecular formula is C14H19FN2O. The first-order chi connectivity index (χ1) is 8.54. The Bertz CT molecular complexity index is 447. The van der Waals surface area contributed by atoms with Gasteiger partial charge < -0.3 is 9.80 Å². The van der Waals surface area contributed by atoms with E-state index in [0.29, 0.717) is 23.2 Å². The maximum atomic E-state index is 13.9. The van der Waals surface area contributed by atoms with Crippen LogP contribution in [-0.2, 0) is 0 Å². The Balaban J connectivity index is 2.31. The fourth-order valence-electron chi connectivity index (χ4n) is 2.77. The lowest BCUT2D eigenvalue weighted by molar-refractivity contribution is 0.112. The first-order valence-electron chi connectivity index (χ1n) is 6.19. The van der Waals surface area contributed by atoms with Gasteiger partial charge in [0, 0.05) is 24.7 Å². The maximum Gasteiger partial charge on any atom is 0.152 e. The summed E-state index contributed by atoms with van der Waals surface area (Å²) in [5.41, 5.74) is 0.880. The van der Waals surface area contributed by atoms with Gasteiger partial charge in [0.25, 0.3) is 0 Å². The maximum absolute atomic E-state index is 13.9. The van der Waals surface area contributed by atoms with Crippen LogP contribution in [0.2, 0.25) is 0 Å². The second kappa shape index (κ2) is 5.06. The highest BCUT2D eigenvalue weighted by Crippen LogP contribution is 2.30. The molecule has 1 aromatic carbocycles. The quantitative estimate of drug-likeness (QED) is 0.767. The normalized spacial score (nSPS) is 23.7. The van der Waals surface area contributed by atoms with Crippen molar-refractivity contribution in [2.24, 2.45) is 5.92 Å². The monoisotopic (exact) mass is 250 g/mol. The van der Waals surface area contributed by atoms with Crippen LogP contribution in [0, 0.1) is 11.7 Å². The Morgan fingerprint density at radius 1 is 1.39 bits per heavy atom. The van der Waals surface area contributed by atoms with Crippen molar-refractivity contribution in [1.82, 2.24) is 4.90 Å². The summed E-state index contributed by atoms with van der Waals surface area (Å²) in [6.45, 7) is 3.70. The molecule has 0 spiro atoms. The third kappa shape index (κ3) is 2.25. The van der Waals surface area contributed by atoms with E-state index < -0.39 is 0 Å². The summed E-state index contributed by atoms with van der Waals surface area (Å²) in [5, 5.41) is 0. The van der Waals surface area contributed by atoms with Gasteiger partial charge in [-0.3, -0.25) is 4.79 Å². The number of para-hydroxylation sites is 1. The lowest BCUT2D eigenvalue weighted by atomic mass is 10.1. The topological polar surface area (TPSA) is 23.6 Å². The van der Waals surface area contributed by atoms with E-state index in [1.807, 2.05) is 19.0 Å². The molecule has 1 saturated heterocycles. The summed E-state index contributed by atoms with van der Waals surface area (Å²) in [6, 6.07) is 5.05. The molecule has 2 atom stereocenters. The van der Waals surface area contributed by atoms with Gasteiger partial charge in [-0.2, -0.15) is 0 Å². The predicted octanol–water partition coefficient (Wildman–Crippen LogP) is 2.02. The van der Waals surface area contributed by atoms with Gasteiger partial charge >= 0.3 is 0 Å². The fourth-order valence-corrected chi connectivity index (χ4v) is 2.77. The number of benzene rings is 1. The Morgan fingerprint density at radius 2 is 2.11 bits per heavy atom. The van der Waals surface area contributed by atoms with Crippen LogP contribution < -0.4 is 4.90 Å². The van der Waals surface area contributed by atoms with Crippen molar-refractivity contribution in [3.05, 3.63) is 29.6 Å². The van der Waals surface area contributed by atoms with Crippen molar-refractivity contribution < 1.29 is 9.18 Å². The number of carbonyl (C=O) groups is 1. The lowest BCUT2D eigenvalue weighted by Gasteiger charge is -2.23. The predicted molar refractivity (Wildman–Crippen MR) is 70.6 cm³/mol. The van der Waals surface area contributed by atoms with E-state index in [9.17, 15) is 9.18 Å². The van der Waals surface area contributed by atoms with Gasteiger partial charge in [0.15, 0.2) is 6.29 Å². The van der Waals surface area contributed by atoms with E-state index in [1.54, 1.807) is 12.1 Å². The van der Waals surface area contributed by atoms with E-state index in [1.165, 1.54) is 6.07 Å². The number of anilines is 1. The van der Waals surface area contributed by atoms with Gasteiger partial charge in [-0.25, -0.2) is 4.39 Å². The van der Waals surface area contributed by atoms with Crippen LogP contribution in [-0.4, -0.2) is 44.4 Å². The highest BCUT2D eigenvalue weighted by Gasteiger charge is 2.33. The van der Waals surface area contributed by atoms with Crippen LogP contribution in [0.1, 0.15) is 17.3 Å². The molecule has 1 aliphatic rings. The van der Waals surface area contributed by atoms with Crippen molar-refractivity contribution in [1.29, 1.82) is 0 Å². The highest BCUT2D eigenvalue weighted by atomic mass is 19.1. The molecule has 0 N–H and O–H groups in total. The fraction of sp³-hybridized carbons (Fsp3) is 0.500. The minimum Gasteiger partial charge on any atom is -0.367 e. The summed E-state index contributed by atoms with van der Waals surface area (Å²) in [4.78, 5) is 15.2. The van der Waals surface area contributed by atoms with Gasteiger partial charge in [0.05, 0.1) is 5.69 Å². The number of aldehydes is 1. The third-order valence-corrected chi connectivity index (χ3v) is 3.70. The SMILES string of the molecule is CC1CN(c2c(F)cccc2C=O)CC1N(C)C. The Morgan fingerprint density at radius 3 is 2.67 bits per heavy atom. The number of carbonyl (C=O) groups excluding carboxylic acids is 1. The zero-order valence-corrected chi connectivity index (χ0v) is 11.1. The summed E-state index contributed by atoms with van der Waals surface area (Å²) in [6.07, 6.45) is 0.728. The largest absolute Gasteiger partial charge is 0.367 e. The van der Waals surface area contributed by atoms with Crippen molar-refractivity contribution in [3.8, 4) is 0 Å². The molecule has 1 aliphatic heterocycles. The standard InChI is InChI=1S/C14H19FN2O/c1-10-7-17(8-13(10)16(2)3)14-11(9-18)5-4-6-12(14)15/h4-6,9-10,13H,7-8H2,1-3H3. The first kappa shape index (κ1) is 13.0. The lowest BCUT2D eigenvalue weighted by Crippen LogP contribution is -2.34. The van der Waals surface area contributed by atoms with E-state index in [-0.39, 0.29) is 5.82 Å². The smallest absolute Gasteiger partial charge is 0.152 e. The summed E-state index contributed by atoms with van der Waals surface area (Å²) < 4.78 is 13.9. The third-order valence-electron chi connectivity index (χ3n) is 3.70. The zero-order chi connectivity index (χ0) is 13.3. The van der Waals surface area contributed by atoms with Crippen molar-refractivity contribution >= 4 is 12.0 Å². The van der Waals surface area contributed by atoms with Gasteiger partial charge in [0.1, 0.15) is 5.82 Å². The molecule has 18 heavy (non-hydrogen) atoms. The average molecular weight is 250 g/mol. The highest BCUT2D eigenvalue weighted by molar-refractivity contribution is 5.85. The van der Waals surface area contributed by atoms with Crippen LogP contribution in [0.25, 0.3) is 0 Å². The van der Waals surface area contributed by atoms with Crippen LogP contribution in [0.5, 0.6) is 0 Å². The molecule has 0 radical (unpaired) electrons. The molecule has 2 rings (SSSR count). The van der Waals surface area contributed by atoms with Crippen molar-refractivity contribution in [2.45, 2.75) is 13.0 Å². The van der Waals surface area contributed by atoms with Gasteiger partial charge in [-0.05, 0) is 32.1 Å². The number of hydrogen-bond donors (Lipinski definition) is 0. The second-order valence-corrected chi connectivity index (χ2v) is 5.21. The van der Waals surface area contributed by atoms with Crippen molar-refractivity contribution in [3.63, 3.8) is 0 Å². The number of halogens is 1. The number of rotatable bonds is 3. The van der Waals surface area contributed by atoms with Gasteiger partial charge in [-0.1, -0.05) is 13.0 Å². The molecular weight excluding hydrogens is 231 g/mol. The van der Waals surface area contributed by atoms with Crippen molar-refractivity contribution in [2.75, 3.05) is 32.1 Å². The molecule has 0 aliphatic carbocycles. The first-order valence-corrected chi connectivity index (χ1v) is 6.19. The average Bonchev–Trinajstić information content (AvgIpc) is 2.70. The molecule has 0 saturated carbocycles. The molecule has 2 unspecified atom stereocenters. The zero-order valence-electron chi connectivity index (χ0n) is 11.1.